The minimum Gasteiger partial charge on any atom is -0.482 e. The highest BCUT2D eigenvalue weighted by molar-refractivity contribution is 5.86. The fourth-order valence-electron chi connectivity index (χ4n) is 4.02. The van der Waals surface area contributed by atoms with Gasteiger partial charge in [-0.25, -0.2) is 4.79 Å². The van der Waals surface area contributed by atoms with Crippen LogP contribution in [0.3, 0.4) is 0 Å². The van der Waals surface area contributed by atoms with Crippen molar-refractivity contribution in [1.82, 2.24) is 0 Å². The van der Waals surface area contributed by atoms with Gasteiger partial charge in [0.2, 0.25) is 0 Å². The van der Waals surface area contributed by atoms with Gasteiger partial charge in [-0.05, 0) is 63.4 Å². The van der Waals surface area contributed by atoms with Crippen LogP contribution in [0.25, 0.3) is 21.9 Å². The van der Waals surface area contributed by atoms with Crippen LogP contribution in [0.15, 0.2) is 78.9 Å². The van der Waals surface area contributed by atoms with E-state index in [1.165, 1.54) is 18.2 Å². The van der Waals surface area contributed by atoms with Crippen molar-refractivity contribution in [2.45, 2.75) is 18.8 Å². The molecule has 0 radical (unpaired) electrons. The van der Waals surface area contributed by atoms with Crippen molar-refractivity contribution in [3.8, 4) is 16.9 Å². The van der Waals surface area contributed by atoms with Crippen molar-refractivity contribution < 1.29 is 41.0 Å². The molecule has 0 saturated carbocycles. The number of rotatable bonds is 6. The molecular weight excluding hydrogens is 486 g/mol. The van der Waals surface area contributed by atoms with E-state index in [9.17, 15) is 31.1 Å². The van der Waals surface area contributed by atoms with Gasteiger partial charge in [0.1, 0.15) is 5.75 Å². The number of carboxylic acids is 1. The van der Waals surface area contributed by atoms with Crippen LogP contribution in [0, 0.1) is 0 Å². The number of alkyl halides is 6. The number of hydrogen-bond donors (Lipinski definition) is 1. The normalized spacial score (nSPS) is 12.1. The molecule has 0 unspecified atom stereocenters. The first kappa shape index (κ1) is 25.1. The van der Waals surface area contributed by atoms with Gasteiger partial charge in [0, 0.05) is 6.42 Å². The zero-order valence-electron chi connectivity index (χ0n) is 18.5. The third kappa shape index (κ3) is 5.45. The lowest BCUT2D eigenvalue weighted by Crippen LogP contribution is -2.12. The summed E-state index contributed by atoms with van der Waals surface area (Å²) in [5.74, 6) is -1.15. The van der Waals surface area contributed by atoms with Gasteiger partial charge in [-0.1, -0.05) is 48.5 Å². The van der Waals surface area contributed by atoms with Crippen molar-refractivity contribution >= 4 is 16.7 Å². The van der Waals surface area contributed by atoms with Crippen molar-refractivity contribution in [1.29, 1.82) is 0 Å². The Morgan fingerprint density at radius 3 is 2.19 bits per heavy atom. The number of fused-ring (bicyclic) bond motifs is 1. The van der Waals surface area contributed by atoms with E-state index in [2.05, 4.69) is 0 Å². The van der Waals surface area contributed by atoms with Crippen molar-refractivity contribution in [2.24, 2.45) is 0 Å². The molecular formula is C27H18F6O3. The summed E-state index contributed by atoms with van der Waals surface area (Å²) in [5, 5.41) is 10.8. The lowest BCUT2D eigenvalue weighted by Gasteiger charge is -2.18. The van der Waals surface area contributed by atoms with E-state index in [4.69, 9.17) is 9.84 Å². The molecule has 0 amide bonds. The number of carbonyl (C=O) groups is 1. The highest BCUT2D eigenvalue weighted by atomic mass is 19.4. The summed E-state index contributed by atoms with van der Waals surface area (Å²) in [6.07, 6.45) is -9.59. The van der Waals surface area contributed by atoms with Crippen molar-refractivity contribution in [2.75, 3.05) is 6.61 Å². The predicted molar refractivity (Wildman–Crippen MR) is 122 cm³/mol. The SMILES string of the molecule is O=C(O)COc1ccc(-c2cc(C(F)(F)F)ccc2C(F)(F)F)cc1Cc1cccc2ccccc12. The van der Waals surface area contributed by atoms with Crippen LogP contribution in [-0.2, 0) is 23.6 Å². The Morgan fingerprint density at radius 2 is 1.50 bits per heavy atom. The summed E-state index contributed by atoms with van der Waals surface area (Å²) < 4.78 is 86.4. The van der Waals surface area contributed by atoms with Gasteiger partial charge >= 0.3 is 18.3 Å². The Morgan fingerprint density at radius 1 is 0.778 bits per heavy atom. The van der Waals surface area contributed by atoms with Gasteiger partial charge in [-0.3, -0.25) is 0 Å². The number of ether oxygens (including phenoxy) is 1. The number of halogens is 6. The first-order valence-corrected chi connectivity index (χ1v) is 10.7. The van der Waals surface area contributed by atoms with Crippen molar-refractivity contribution in [3.63, 3.8) is 0 Å². The molecule has 36 heavy (non-hydrogen) atoms. The summed E-state index contributed by atoms with van der Waals surface area (Å²) in [4.78, 5) is 11.0. The number of carboxylic acid groups (broad SMARTS) is 1. The Balaban J connectivity index is 1.88. The maximum Gasteiger partial charge on any atom is 0.417 e. The summed E-state index contributed by atoms with van der Waals surface area (Å²) in [6, 6.07) is 18.0. The van der Waals surface area contributed by atoms with Gasteiger partial charge in [-0.2, -0.15) is 26.3 Å². The molecule has 1 N–H and O–H groups in total. The fraction of sp³-hybridized carbons (Fsp3) is 0.148. The summed E-state index contributed by atoms with van der Waals surface area (Å²) in [7, 11) is 0. The lowest BCUT2D eigenvalue weighted by molar-refractivity contribution is -0.141. The third-order valence-electron chi connectivity index (χ3n) is 5.64. The van der Waals surface area contributed by atoms with Gasteiger partial charge in [-0.15, -0.1) is 0 Å². The van der Waals surface area contributed by atoms with E-state index in [0.717, 1.165) is 16.3 Å². The van der Waals surface area contributed by atoms with Crippen LogP contribution >= 0.6 is 0 Å². The first-order valence-electron chi connectivity index (χ1n) is 10.7. The Bertz CT molecular complexity index is 1420. The molecule has 0 heterocycles. The Hall–Kier alpha value is -4.01. The second kappa shape index (κ2) is 9.56. The third-order valence-corrected chi connectivity index (χ3v) is 5.64. The van der Waals surface area contributed by atoms with Crippen LogP contribution in [0.4, 0.5) is 26.3 Å². The smallest absolute Gasteiger partial charge is 0.417 e. The number of benzene rings is 4. The van der Waals surface area contributed by atoms with Gasteiger partial charge in [0.25, 0.3) is 0 Å². The molecule has 0 aliphatic rings. The molecule has 0 aromatic heterocycles. The second-order valence-electron chi connectivity index (χ2n) is 8.08. The standard InChI is InChI=1S/C27H18F6O3/c28-26(29,30)20-9-10-23(27(31,32)33)22(14-20)18-8-11-24(36-15-25(34)35)19(13-18)12-17-6-3-5-16-4-1-2-7-21(16)17/h1-11,13-14H,12,15H2,(H,34,35). The van der Waals surface area contributed by atoms with Crippen molar-refractivity contribution in [3.05, 3.63) is 101 Å². The van der Waals surface area contributed by atoms with Crippen LogP contribution in [-0.4, -0.2) is 17.7 Å². The maximum atomic E-state index is 13.7. The fourth-order valence-corrected chi connectivity index (χ4v) is 4.02. The molecule has 0 bridgehead atoms. The molecule has 4 aromatic carbocycles. The Labute approximate surface area is 201 Å². The topological polar surface area (TPSA) is 46.5 Å². The first-order chi connectivity index (χ1) is 16.9. The quantitative estimate of drug-likeness (QED) is 0.275. The summed E-state index contributed by atoms with van der Waals surface area (Å²) in [6.45, 7) is -0.695. The maximum absolute atomic E-state index is 13.7. The molecule has 3 nitrogen and oxygen atoms in total. The zero-order valence-corrected chi connectivity index (χ0v) is 18.5. The molecule has 4 rings (SSSR count). The number of hydrogen-bond acceptors (Lipinski definition) is 2. The molecule has 0 aliphatic heterocycles. The lowest BCUT2D eigenvalue weighted by atomic mass is 9.92. The molecule has 4 aromatic rings. The van der Waals surface area contributed by atoms with Gasteiger partial charge in [0.15, 0.2) is 6.61 Å². The molecule has 0 saturated heterocycles. The van der Waals surface area contributed by atoms with Crippen LogP contribution in [0.2, 0.25) is 0 Å². The number of aliphatic carboxylic acids is 1. The zero-order chi connectivity index (χ0) is 26.1. The molecule has 0 spiro atoms. The monoisotopic (exact) mass is 504 g/mol. The average molecular weight is 504 g/mol. The van der Waals surface area contributed by atoms with E-state index in [1.54, 1.807) is 12.1 Å². The second-order valence-corrected chi connectivity index (χ2v) is 8.08. The van der Waals surface area contributed by atoms with E-state index in [-0.39, 0.29) is 17.7 Å². The van der Waals surface area contributed by atoms with E-state index in [0.29, 0.717) is 23.8 Å². The van der Waals surface area contributed by atoms with Crippen LogP contribution in [0.5, 0.6) is 5.75 Å². The summed E-state index contributed by atoms with van der Waals surface area (Å²) in [5.41, 5.74) is -2.06. The van der Waals surface area contributed by atoms with Crippen LogP contribution < -0.4 is 4.74 Å². The highest BCUT2D eigenvalue weighted by Crippen LogP contribution is 2.42. The van der Waals surface area contributed by atoms with E-state index < -0.39 is 41.6 Å². The molecule has 0 aliphatic carbocycles. The molecule has 0 atom stereocenters. The summed E-state index contributed by atoms with van der Waals surface area (Å²) >= 11 is 0. The predicted octanol–water partition coefficient (Wildman–Crippen LogP) is 7.60. The highest BCUT2D eigenvalue weighted by Gasteiger charge is 2.37. The van der Waals surface area contributed by atoms with Crippen LogP contribution in [0.1, 0.15) is 22.3 Å². The molecule has 9 heteroatoms. The largest absolute Gasteiger partial charge is 0.482 e. The minimum absolute atomic E-state index is 0.105. The van der Waals surface area contributed by atoms with Gasteiger partial charge < -0.3 is 9.84 Å². The molecule has 0 fully saturated rings. The van der Waals surface area contributed by atoms with E-state index >= 15 is 0 Å². The average Bonchev–Trinajstić information content (AvgIpc) is 2.82. The molecule has 186 valence electrons. The van der Waals surface area contributed by atoms with Gasteiger partial charge in [0.05, 0.1) is 11.1 Å². The van der Waals surface area contributed by atoms with E-state index in [1.807, 2.05) is 30.3 Å². The Kier molecular flexibility index (Phi) is 6.67. The minimum atomic E-state index is -4.90.